The summed E-state index contributed by atoms with van der Waals surface area (Å²) in [6.45, 7) is 8.68. The average Bonchev–Trinajstić information content (AvgIpc) is 2.64. The largest absolute Gasteiger partial charge is 0.497 e. The lowest BCUT2D eigenvalue weighted by molar-refractivity contribution is -0.137. The second kappa shape index (κ2) is 11.9. The van der Waals surface area contributed by atoms with Crippen LogP contribution in [-0.4, -0.2) is 32.1 Å². The third-order valence-corrected chi connectivity index (χ3v) is 3.60. The number of esters is 1. The fourth-order valence-electron chi connectivity index (χ4n) is 2.31. The zero-order valence-corrected chi connectivity index (χ0v) is 16.9. The molecule has 0 aliphatic heterocycles. The van der Waals surface area contributed by atoms with E-state index in [1.165, 1.54) is 12.2 Å². The molecule has 0 radical (unpaired) electrons. The lowest BCUT2D eigenvalue weighted by Gasteiger charge is -2.13. The molecule has 27 heavy (non-hydrogen) atoms. The lowest BCUT2D eigenvalue weighted by Crippen LogP contribution is -2.08. The lowest BCUT2D eigenvalue weighted by atomic mass is 10.1. The molecule has 1 aromatic rings. The number of allylic oxidation sites excluding steroid dienone is 3. The minimum Gasteiger partial charge on any atom is -0.497 e. The van der Waals surface area contributed by atoms with Crippen LogP contribution in [0.2, 0.25) is 0 Å². The van der Waals surface area contributed by atoms with Crippen LogP contribution >= 0.6 is 0 Å². The molecule has 0 saturated carbocycles. The van der Waals surface area contributed by atoms with E-state index in [-0.39, 0.29) is 5.78 Å². The summed E-state index contributed by atoms with van der Waals surface area (Å²) in [5.41, 5.74) is 1.18. The summed E-state index contributed by atoms with van der Waals surface area (Å²) in [7, 11) is 1.55. The molecule has 0 aliphatic rings. The SMILES string of the molecule is CCCC(/C=C/C(=O)c1cc(OC)ccc1OCC(C)C)=C\C(=O)OCC. The van der Waals surface area contributed by atoms with Crippen molar-refractivity contribution < 1.29 is 23.8 Å². The summed E-state index contributed by atoms with van der Waals surface area (Å²) in [5, 5.41) is 0. The normalized spacial score (nSPS) is 11.7. The Kier molecular flexibility index (Phi) is 9.94. The first-order valence-electron chi connectivity index (χ1n) is 9.31. The van der Waals surface area contributed by atoms with E-state index < -0.39 is 5.97 Å². The highest BCUT2D eigenvalue weighted by Gasteiger charge is 2.13. The fraction of sp³-hybridized carbons (Fsp3) is 0.455. The van der Waals surface area contributed by atoms with Crippen LogP contribution in [0.1, 0.15) is 50.9 Å². The van der Waals surface area contributed by atoms with Crippen molar-refractivity contribution in [2.24, 2.45) is 5.92 Å². The summed E-state index contributed by atoms with van der Waals surface area (Å²) in [5.74, 6) is 0.832. The minimum atomic E-state index is -0.402. The van der Waals surface area contributed by atoms with Crippen LogP contribution < -0.4 is 9.47 Å². The highest BCUT2D eigenvalue weighted by molar-refractivity contribution is 6.07. The maximum Gasteiger partial charge on any atom is 0.331 e. The quantitative estimate of drug-likeness (QED) is 0.242. The fourth-order valence-corrected chi connectivity index (χ4v) is 2.31. The minimum absolute atomic E-state index is 0.210. The first-order valence-corrected chi connectivity index (χ1v) is 9.31. The third-order valence-electron chi connectivity index (χ3n) is 3.60. The van der Waals surface area contributed by atoms with Crippen molar-refractivity contribution in [1.82, 2.24) is 0 Å². The highest BCUT2D eigenvalue weighted by atomic mass is 16.5. The van der Waals surface area contributed by atoms with Crippen molar-refractivity contribution in [3.05, 3.63) is 47.6 Å². The van der Waals surface area contributed by atoms with Crippen molar-refractivity contribution in [1.29, 1.82) is 0 Å². The molecule has 0 N–H and O–H groups in total. The monoisotopic (exact) mass is 374 g/mol. The molecule has 0 saturated heterocycles. The zero-order chi connectivity index (χ0) is 20.2. The molecular formula is C22H30O5. The number of hydrogen-bond donors (Lipinski definition) is 0. The molecule has 0 heterocycles. The van der Waals surface area contributed by atoms with E-state index >= 15 is 0 Å². The highest BCUT2D eigenvalue weighted by Crippen LogP contribution is 2.26. The Labute approximate surface area is 162 Å². The first kappa shape index (κ1) is 22.5. The zero-order valence-electron chi connectivity index (χ0n) is 16.9. The maximum atomic E-state index is 12.7. The van der Waals surface area contributed by atoms with Crippen molar-refractivity contribution >= 4 is 11.8 Å². The average molecular weight is 374 g/mol. The van der Waals surface area contributed by atoms with Gasteiger partial charge >= 0.3 is 5.97 Å². The Morgan fingerprint density at radius 2 is 1.89 bits per heavy atom. The Morgan fingerprint density at radius 1 is 1.15 bits per heavy atom. The van der Waals surface area contributed by atoms with Crippen molar-refractivity contribution in [3.8, 4) is 11.5 Å². The molecule has 0 aliphatic carbocycles. The van der Waals surface area contributed by atoms with Crippen LogP contribution in [0.4, 0.5) is 0 Å². The molecule has 5 heteroatoms. The van der Waals surface area contributed by atoms with Gasteiger partial charge in [-0.3, -0.25) is 4.79 Å². The predicted molar refractivity (Wildman–Crippen MR) is 106 cm³/mol. The number of rotatable bonds is 11. The van der Waals surface area contributed by atoms with Gasteiger partial charge in [-0.25, -0.2) is 4.79 Å². The molecule has 1 rings (SSSR count). The Morgan fingerprint density at radius 3 is 2.48 bits per heavy atom. The number of ether oxygens (including phenoxy) is 3. The molecule has 0 bridgehead atoms. The van der Waals surface area contributed by atoms with Crippen LogP contribution in [0.3, 0.4) is 0 Å². The van der Waals surface area contributed by atoms with Crippen molar-refractivity contribution in [2.45, 2.75) is 40.5 Å². The predicted octanol–water partition coefficient (Wildman–Crippen LogP) is 4.76. The van der Waals surface area contributed by atoms with E-state index in [2.05, 4.69) is 0 Å². The van der Waals surface area contributed by atoms with E-state index in [4.69, 9.17) is 14.2 Å². The second-order valence-electron chi connectivity index (χ2n) is 6.49. The number of ketones is 1. The summed E-state index contributed by atoms with van der Waals surface area (Å²) in [6, 6.07) is 5.17. The van der Waals surface area contributed by atoms with Gasteiger partial charge in [0, 0.05) is 6.08 Å². The van der Waals surface area contributed by atoms with E-state index in [1.807, 2.05) is 20.8 Å². The van der Waals surface area contributed by atoms with Gasteiger partial charge in [0.05, 0.1) is 25.9 Å². The van der Waals surface area contributed by atoms with E-state index in [0.29, 0.717) is 42.6 Å². The summed E-state index contributed by atoms with van der Waals surface area (Å²) in [6.07, 6.45) is 6.08. The second-order valence-corrected chi connectivity index (χ2v) is 6.49. The Hall–Kier alpha value is -2.56. The van der Waals surface area contributed by atoms with Gasteiger partial charge in [-0.1, -0.05) is 33.3 Å². The molecular weight excluding hydrogens is 344 g/mol. The number of benzene rings is 1. The van der Waals surface area contributed by atoms with Crippen LogP contribution in [0.15, 0.2) is 42.0 Å². The smallest absolute Gasteiger partial charge is 0.331 e. The molecule has 0 spiro atoms. The van der Waals surface area contributed by atoms with Crippen molar-refractivity contribution in [3.63, 3.8) is 0 Å². The van der Waals surface area contributed by atoms with E-state index in [0.717, 1.165) is 12.0 Å². The standard InChI is InChI=1S/C22H30O5/c1-6-8-17(13-22(24)26-7-2)9-11-20(23)19-14-18(25-5)10-12-21(19)27-15-16(3)4/h9-14,16H,6-8,15H2,1-5H3/b11-9+,17-13+. The summed E-state index contributed by atoms with van der Waals surface area (Å²) in [4.78, 5) is 24.4. The van der Waals surface area contributed by atoms with Crippen LogP contribution in [-0.2, 0) is 9.53 Å². The number of carbonyl (C=O) groups excluding carboxylic acids is 2. The van der Waals surface area contributed by atoms with Gasteiger partial charge < -0.3 is 14.2 Å². The topological polar surface area (TPSA) is 61.8 Å². The first-order chi connectivity index (χ1) is 12.9. The van der Waals surface area contributed by atoms with E-state index in [9.17, 15) is 9.59 Å². The summed E-state index contributed by atoms with van der Waals surface area (Å²) >= 11 is 0. The molecule has 0 atom stereocenters. The van der Waals surface area contributed by atoms with Gasteiger partial charge in [0.15, 0.2) is 5.78 Å². The van der Waals surface area contributed by atoms with Crippen LogP contribution in [0.25, 0.3) is 0 Å². The van der Waals surface area contributed by atoms with Crippen molar-refractivity contribution in [2.75, 3.05) is 20.3 Å². The third kappa shape index (κ3) is 8.11. The van der Waals surface area contributed by atoms with E-state index in [1.54, 1.807) is 38.3 Å². The Balaban J connectivity index is 3.07. The molecule has 0 amide bonds. The van der Waals surface area contributed by atoms with Gasteiger partial charge in [-0.2, -0.15) is 0 Å². The van der Waals surface area contributed by atoms with Crippen LogP contribution in [0.5, 0.6) is 11.5 Å². The summed E-state index contributed by atoms with van der Waals surface area (Å²) < 4.78 is 15.9. The van der Waals surface area contributed by atoms with Gasteiger partial charge in [0.2, 0.25) is 0 Å². The molecule has 5 nitrogen and oxygen atoms in total. The van der Waals surface area contributed by atoms with Gasteiger partial charge in [0.1, 0.15) is 11.5 Å². The Bertz CT molecular complexity index is 686. The molecule has 148 valence electrons. The number of methoxy groups -OCH3 is 1. The van der Waals surface area contributed by atoms with Gasteiger partial charge in [0.25, 0.3) is 0 Å². The van der Waals surface area contributed by atoms with Gasteiger partial charge in [-0.05, 0) is 49.1 Å². The molecule has 0 fully saturated rings. The molecule has 1 aromatic carbocycles. The maximum absolute atomic E-state index is 12.7. The van der Waals surface area contributed by atoms with Gasteiger partial charge in [-0.15, -0.1) is 0 Å². The number of hydrogen-bond acceptors (Lipinski definition) is 5. The van der Waals surface area contributed by atoms with Crippen LogP contribution in [0, 0.1) is 5.92 Å². The number of carbonyl (C=O) groups is 2. The molecule has 0 aromatic heterocycles. The molecule has 0 unspecified atom stereocenters.